The highest BCUT2D eigenvalue weighted by atomic mass is 127. The summed E-state index contributed by atoms with van der Waals surface area (Å²) in [5, 5.41) is 0. The molecule has 0 N–H and O–H groups in total. The van der Waals surface area contributed by atoms with Crippen molar-refractivity contribution in [3.8, 4) is 17.0 Å². The van der Waals surface area contributed by atoms with E-state index in [9.17, 15) is 0 Å². The zero-order valence-corrected chi connectivity index (χ0v) is 13.7. The Kier molecular flexibility index (Phi) is 4.65. The number of halogens is 1. The van der Waals surface area contributed by atoms with Gasteiger partial charge in [-0.15, -0.1) is 0 Å². The molecule has 0 aliphatic rings. The molecular formula is C16H16IN2O-. The van der Waals surface area contributed by atoms with E-state index in [0.717, 1.165) is 22.7 Å². The van der Waals surface area contributed by atoms with E-state index in [1.165, 1.54) is 5.56 Å². The number of rotatable bonds is 3. The Labute approximate surface area is 135 Å². The summed E-state index contributed by atoms with van der Waals surface area (Å²) in [6, 6.07) is 12.2. The number of nitrogens with zero attached hydrogens (tertiary/aromatic N) is 2. The third kappa shape index (κ3) is 2.80. The number of imidazole rings is 1. The zero-order chi connectivity index (χ0) is 13.2. The van der Waals surface area contributed by atoms with Crippen LogP contribution in [-0.4, -0.2) is 16.0 Å². The molecule has 104 valence electrons. The summed E-state index contributed by atoms with van der Waals surface area (Å²) in [6.07, 6.45) is 4.07. The number of ether oxygens (including phenoxy) is 1. The summed E-state index contributed by atoms with van der Waals surface area (Å²) in [7, 11) is 0. The smallest absolute Gasteiger partial charge is 0.137 e. The van der Waals surface area contributed by atoms with E-state index in [1.807, 2.05) is 48.0 Å². The molecule has 1 aromatic carbocycles. The first-order valence-electron chi connectivity index (χ1n) is 6.45. The predicted molar refractivity (Wildman–Crippen MR) is 76.5 cm³/mol. The molecule has 20 heavy (non-hydrogen) atoms. The quantitative estimate of drug-likeness (QED) is 0.627. The SMILES string of the molecule is CCOc1ccccc1-c1cn2ccc(C)cc2n1.[I-]. The van der Waals surface area contributed by atoms with Crippen molar-refractivity contribution < 1.29 is 28.7 Å². The van der Waals surface area contributed by atoms with Gasteiger partial charge in [-0.25, -0.2) is 4.98 Å². The first-order chi connectivity index (χ1) is 9.28. The molecular weight excluding hydrogens is 363 g/mol. The fourth-order valence-corrected chi connectivity index (χ4v) is 2.17. The minimum absolute atomic E-state index is 0. The summed E-state index contributed by atoms with van der Waals surface area (Å²) >= 11 is 0. The third-order valence-electron chi connectivity index (χ3n) is 3.08. The molecule has 3 nitrogen and oxygen atoms in total. The van der Waals surface area contributed by atoms with Crippen LogP contribution in [0, 0.1) is 6.92 Å². The van der Waals surface area contributed by atoms with Crippen molar-refractivity contribution in [3.63, 3.8) is 0 Å². The molecule has 0 spiro atoms. The Morgan fingerprint density at radius 1 is 1.20 bits per heavy atom. The molecule has 0 saturated carbocycles. The number of fused-ring (bicyclic) bond motifs is 1. The number of benzene rings is 1. The fraction of sp³-hybridized carbons (Fsp3) is 0.188. The largest absolute Gasteiger partial charge is 1.00 e. The molecule has 2 aromatic heterocycles. The van der Waals surface area contributed by atoms with Gasteiger partial charge in [0.25, 0.3) is 0 Å². The highest BCUT2D eigenvalue weighted by Crippen LogP contribution is 2.29. The molecule has 2 heterocycles. The van der Waals surface area contributed by atoms with Gasteiger partial charge in [0, 0.05) is 18.0 Å². The lowest BCUT2D eigenvalue weighted by Crippen LogP contribution is -3.00. The second kappa shape index (κ2) is 6.26. The van der Waals surface area contributed by atoms with Gasteiger partial charge in [-0.1, -0.05) is 12.1 Å². The molecule has 0 unspecified atom stereocenters. The molecule has 0 fully saturated rings. The summed E-state index contributed by atoms with van der Waals surface area (Å²) in [5.41, 5.74) is 4.14. The van der Waals surface area contributed by atoms with Gasteiger partial charge in [0.15, 0.2) is 0 Å². The van der Waals surface area contributed by atoms with Crippen LogP contribution in [0.2, 0.25) is 0 Å². The lowest BCUT2D eigenvalue weighted by molar-refractivity contribution is -0.00000452. The maximum atomic E-state index is 5.66. The Morgan fingerprint density at radius 2 is 2.00 bits per heavy atom. The zero-order valence-electron chi connectivity index (χ0n) is 11.5. The fourth-order valence-electron chi connectivity index (χ4n) is 2.17. The van der Waals surface area contributed by atoms with Crippen LogP contribution < -0.4 is 28.7 Å². The second-order valence-corrected chi connectivity index (χ2v) is 4.52. The normalized spacial score (nSPS) is 10.3. The third-order valence-corrected chi connectivity index (χ3v) is 3.08. The average molecular weight is 379 g/mol. The number of hydrogen-bond acceptors (Lipinski definition) is 2. The topological polar surface area (TPSA) is 26.5 Å². The molecule has 0 saturated heterocycles. The number of hydrogen-bond donors (Lipinski definition) is 0. The number of aromatic nitrogens is 2. The maximum Gasteiger partial charge on any atom is 0.137 e. The second-order valence-electron chi connectivity index (χ2n) is 4.52. The van der Waals surface area contributed by atoms with Crippen molar-refractivity contribution in [1.29, 1.82) is 0 Å². The van der Waals surface area contributed by atoms with E-state index >= 15 is 0 Å². The van der Waals surface area contributed by atoms with Crippen LogP contribution in [0.25, 0.3) is 16.9 Å². The van der Waals surface area contributed by atoms with Crippen molar-refractivity contribution in [2.45, 2.75) is 13.8 Å². The van der Waals surface area contributed by atoms with Gasteiger partial charge in [0.1, 0.15) is 11.4 Å². The van der Waals surface area contributed by atoms with Crippen molar-refractivity contribution in [3.05, 3.63) is 54.4 Å². The average Bonchev–Trinajstić information content (AvgIpc) is 2.82. The van der Waals surface area contributed by atoms with Crippen molar-refractivity contribution >= 4 is 5.65 Å². The van der Waals surface area contributed by atoms with Gasteiger partial charge in [0.2, 0.25) is 0 Å². The van der Waals surface area contributed by atoms with Gasteiger partial charge in [-0.2, -0.15) is 0 Å². The van der Waals surface area contributed by atoms with Crippen LogP contribution in [0.4, 0.5) is 0 Å². The van der Waals surface area contributed by atoms with Gasteiger partial charge in [-0.05, 0) is 43.7 Å². The lowest BCUT2D eigenvalue weighted by Gasteiger charge is -2.07. The van der Waals surface area contributed by atoms with Crippen molar-refractivity contribution in [2.24, 2.45) is 0 Å². The summed E-state index contributed by atoms with van der Waals surface area (Å²) in [6.45, 7) is 4.72. The van der Waals surface area contributed by atoms with E-state index in [2.05, 4.69) is 24.0 Å². The first kappa shape index (κ1) is 14.8. The van der Waals surface area contributed by atoms with Gasteiger partial charge in [-0.3, -0.25) is 0 Å². The standard InChI is InChI=1S/C16H16N2O.HI/c1-3-19-15-7-5-4-6-13(15)14-11-18-9-8-12(2)10-16(18)17-14;/h4-11H,3H2,1-2H3;1H/p-1. The minimum Gasteiger partial charge on any atom is -1.00 e. The Balaban J connectivity index is 0.00000147. The van der Waals surface area contributed by atoms with E-state index in [4.69, 9.17) is 4.74 Å². The molecule has 0 amide bonds. The van der Waals surface area contributed by atoms with Crippen LogP contribution in [0.15, 0.2) is 48.8 Å². The molecule has 0 aliphatic carbocycles. The summed E-state index contributed by atoms with van der Waals surface area (Å²) < 4.78 is 7.69. The highest BCUT2D eigenvalue weighted by molar-refractivity contribution is 5.69. The number of pyridine rings is 1. The van der Waals surface area contributed by atoms with Crippen molar-refractivity contribution in [2.75, 3.05) is 6.61 Å². The molecule has 0 bridgehead atoms. The Morgan fingerprint density at radius 3 is 2.80 bits per heavy atom. The first-order valence-corrected chi connectivity index (χ1v) is 6.45. The molecule has 3 rings (SSSR count). The molecule has 4 heteroatoms. The lowest BCUT2D eigenvalue weighted by atomic mass is 10.1. The summed E-state index contributed by atoms with van der Waals surface area (Å²) in [5.74, 6) is 0.880. The van der Waals surface area contributed by atoms with E-state index in [1.54, 1.807) is 0 Å². The van der Waals surface area contributed by atoms with Crippen LogP contribution in [0.5, 0.6) is 5.75 Å². The molecule has 0 aliphatic heterocycles. The maximum absolute atomic E-state index is 5.66. The van der Waals surface area contributed by atoms with Gasteiger partial charge in [0.05, 0.1) is 12.3 Å². The number of aryl methyl sites for hydroxylation is 1. The van der Waals surface area contributed by atoms with Crippen molar-refractivity contribution in [1.82, 2.24) is 9.38 Å². The van der Waals surface area contributed by atoms with Crippen LogP contribution in [-0.2, 0) is 0 Å². The molecule has 3 aromatic rings. The predicted octanol–water partition coefficient (Wildman–Crippen LogP) is 0.712. The van der Waals surface area contributed by atoms with Crippen LogP contribution in [0.3, 0.4) is 0 Å². The van der Waals surface area contributed by atoms with Gasteiger partial charge >= 0.3 is 0 Å². The minimum atomic E-state index is 0. The van der Waals surface area contributed by atoms with E-state index in [-0.39, 0.29) is 24.0 Å². The Hall–Kier alpha value is -1.56. The molecule has 0 radical (unpaired) electrons. The van der Waals surface area contributed by atoms with E-state index in [0.29, 0.717) is 6.61 Å². The highest BCUT2D eigenvalue weighted by Gasteiger charge is 2.09. The Bertz CT molecular complexity index is 721. The molecule has 0 atom stereocenters. The number of para-hydroxylation sites is 1. The van der Waals surface area contributed by atoms with Crippen LogP contribution >= 0.6 is 0 Å². The summed E-state index contributed by atoms with van der Waals surface area (Å²) in [4.78, 5) is 4.67. The van der Waals surface area contributed by atoms with Crippen LogP contribution in [0.1, 0.15) is 12.5 Å². The van der Waals surface area contributed by atoms with E-state index < -0.39 is 0 Å². The monoisotopic (exact) mass is 379 g/mol. The van der Waals surface area contributed by atoms with Gasteiger partial charge < -0.3 is 33.1 Å².